The van der Waals surface area contributed by atoms with Crippen molar-refractivity contribution in [3.8, 4) is 0 Å². The van der Waals surface area contributed by atoms with Gasteiger partial charge in [-0.1, -0.05) is 6.92 Å². The Morgan fingerprint density at radius 2 is 1.79 bits per heavy atom. The topological polar surface area (TPSA) is 82.3 Å². The van der Waals surface area contributed by atoms with Crippen molar-refractivity contribution >= 4 is 11.6 Å². The third-order valence-corrected chi connectivity index (χ3v) is 3.41. The molecule has 0 aliphatic carbocycles. The molecular formula is C12H23N7. The standard InChI is InChI=1S/C12H23N7/c1-4-10-14-11(16-13)9(2)12(15-10)17-19-7-5-18(3)6-8-19/h4-8,13H2,1-3H3,(H2,14,15,16,17). The number of piperazine rings is 1. The van der Waals surface area contributed by atoms with Crippen LogP contribution in [0.25, 0.3) is 0 Å². The van der Waals surface area contributed by atoms with Crippen molar-refractivity contribution in [1.29, 1.82) is 0 Å². The van der Waals surface area contributed by atoms with Crippen molar-refractivity contribution in [2.24, 2.45) is 5.84 Å². The molecule has 0 saturated carbocycles. The molecule has 106 valence electrons. The van der Waals surface area contributed by atoms with Crippen LogP contribution in [0.3, 0.4) is 0 Å². The highest BCUT2D eigenvalue weighted by atomic mass is 15.5. The first-order valence-corrected chi connectivity index (χ1v) is 6.68. The molecule has 7 nitrogen and oxygen atoms in total. The van der Waals surface area contributed by atoms with Gasteiger partial charge in [-0.2, -0.15) is 0 Å². The van der Waals surface area contributed by atoms with Gasteiger partial charge in [0, 0.05) is 38.2 Å². The smallest absolute Gasteiger partial charge is 0.149 e. The van der Waals surface area contributed by atoms with Crippen LogP contribution in [0.5, 0.6) is 0 Å². The first-order valence-electron chi connectivity index (χ1n) is 6.68. The van der Waals surface area contributed by atoms with Crippen LogP contribution in [-0.2, 0) is 6.42 Å². The lowest BCUT2D eigenvalue weighted by atomic mass is 10.3. The molecule has 4 N–H and O–H groups in total. The molecule has 1 aliphatic rings. The molecule has 1 aromatic heterocycles. The molecule has 1 aliphatic heterocycles. The van der Waals surface area contributed by atoms with Gasteiger partial charge in [0.15, 0.2) is 0 Å². The zero-order valence-electron chi connectivity index (χ0n) is 11.9. The molecule has 2 rings (SSSR count). The Balaban J connectivity index is 2.14. The summed E-state index contributed by atoms with van der Waals surface area (Å²) >= 11 is 0. The summed E-state index contributed by atoms with van der Waals surface area (Å²) in [5, 5.41) is 2.19. The molecule has 0 bridgehead atoms. The lowest BCUT2D eigenvalue weighted by Crippen LogP contribution is -2.47. The summed E-state index contributed by atoms with van der Waals surface area (Å²) in [7, 11) is 2.14. The number of aryl methyl sites for hydroxylation is 1. The van der Waals surface area contributed by atoms with E-state index in [0.717, 1.165) is 49.8 Å². The van der Waals surface area contributed by atoms with Gasteiger partial charge in [0.2, 0.25) is 0 Å². The van der Waals surface area contributed by atoms with E-state index in [9.17, 15) is 0 Å². The monoisotopic (exact) mass is 265 g/mol. The van der Waals surface area contributed by atoms with E-state index in [1.807, 2.05) is 13.8 Å². The summed E-state index contributed by atoms with van der Waals surface area (Å²) < 4.78 is 0. The van der Waals surface area contributed by atoms with Crippen molar-refractivity contribution < 1.29 is 0 Å². The Morgan fingerprint density at radius 3 is 2.37 bits per heavy atom. The van der Waals surface area contributed by atoms with Crippen molar-refractivity contribution in [2.75, 3.05) is 44.1 Å². The minimum Gasteiger partial charge on any atom is -0.308 e. The van der Waals surface area contributed by atoms with Crippen LogP contribution in [0.2, 0.25) is 0 Å². The van der Waals surface area contributed by atoms with E-state index in [2.05, 4.69) is 37.8 Å². The summed E-state index contributed by atoms with van der Waals surface area (Å²) in [5.74, 6) is 7.81. The number of hydrazine groups is 2. The largest absolute Gasteiger partial charge is 0.308 e. The summed E-state index contributed by atoms with van der Waals surface area (Å²) in [5.41, 5.74) is 6.96. The number of nitrogens with two attached hydrogens (primary N) is 1. The van der Waals surface area contributed by atoms with Gasteiger partial charge >= 0.3 is 0 Å². The number of likely N-dealkylation sites (N-methyl/N-ethyl adjacent to an activating group) is 1. The predicted octanol–water partition coefficient (Wildman–Crippen LogP) is 0.207. The SMILES string of the molecule is CCc1nc(NN)c(C)c(NN2CCN(C)CC2)n1. The van der Waals surface area contributed by atoms with Crippen molar-refractivity contribution in [3.63, 3.8) is 0 Å². The lowest BCUT2D eigenvalue weighted by Gasteiger charge is -2.33. The van der Waals surface area contributed by atoms with Crippen molar-refractivity contribution in [3.05, 3.63) is 11.4 Å². The van der Waals surface area contributed by atoms with Crippen LogP contribution >= 0.6 is 0 Å². The van der Waals surface area contributed by atoms with E-state index in [1.165, 1.54) is 0 Å². The van der Waals surface area contributed by atoms with Gasteiger partial charge in [-0.25, -0.2) is 20.8 Å². The minimum atomic E-state index is 0.684. The maximum absolute atomic E-state index is 5.51. The molecular weight excluding hydrogens is 242 g/mol. The highest BCUT2D eigenvalue weighted by Gasteiger charge is 2.16. The third-order valence-electron chi connectivity index (χ3n) is 3.41. The first kappa shape index (κ1) is 14.0. The molecule has 0 spiro atoms. The fraction of sp³-hybridized carbons (Fsp3) is 0.667. The van der Waals surface area contributed by atoms with Crippen molar-refractivity contribution in [2.45, 2.75) is 20.3 Å². The minimum absolute atomic E-state index is 0.684. The van der Waals surface area contributed by atoms with Gasteiger partial charge in [0.25, 0.3) is 0 Å². The molecule has 2 heterocycles. The van der Waals surface area contributed by atoms with Crippen LogP contribution < -0.4 is 16.7 Å². The highest BCUT2D eigenvalue weighted by molar-refractivity contribution is 5.56. The Morgan fingerprint density at radius 1 is 1.16 bits per heavy atom. The Bertz CT molecular complexity index is 426. The molecule has 0 atom stereocenters. The number of nitrogens with zero attached hydrogens (tertiary/aromatic N) is 4. The van der Waals surface area contributed by atoms with Gasteiger partial charge in [0.1, 0.15) is 17.5 Å². The number of nitrogen functional groups attached to an aromatic ring is 1. The zero-order chi connectivity index (χ0) is 13.8. The van der Waals surface area contributed by atoms with Gasteiger partial charge in [0.05, 0.1) is 0 Å². The fourth-order valence-corrected chi connectivity index (χ4v) is 2.04. The van der Waals surface area contributed by atoms with E-state index >= 15 is 0 Å². The lowest BCUT2D eigenvalue weighted by molar-refractivity contribution is 0.178. The molecule has 1 fully saturated rings. The summed E-state index contributed by atoms with van der Waals surface area (Å²) in [6.45, 7) is 8.07. The first-order chi connectivity index (χ1) is 9.13. The normalized spacial score (nSPS) is 17.5. The second kappa shape index (κ2) is 6.14. The Kier molecular flexibility index (Phi) is 4.52. The number of hydrogen-bond donors (Lipinski definition) is 3. The third kappa shape index (κ3) is 3.31. The number of rotatable bonds is 4. The van der Waals surface area contributed by atoms with Crippen LogP contribution in [0.15, 0.2) is 0 Å². The van der Waals surface area contributed by atoms with Gasteiger partial charge < -0.3 is 15.8 Å². The van der Waals surface area contributed by atoms with Gasteiger partial charge in [-0.05, 0) is 14.0 Å². The average molecular weight is 265 g/mol. The molecule has 19 heavy (non-hydrogen) atoms. The van der Waals surface area contributed by atoms with Crippen molar-refractivity contribution in [1.82, 2.24) is 19.9 Å². The number of anilines is 2. The van der Waals surface area contributed by atoms with Crippen LogP contribution in [-0.4, -0.2) is 53.1 Å². The maximum atomic E-state index is 5.51. The van der Waals surface area contributed by atoms with Gasteiger partial charge in [-0.3, -0.25) is 0 Å². The van der Waals surface area contributed by atoms with Crippen LogP contribution in [0.4, 0.5) is 11.6 Å². The average Bonchev–Trinajstić information content (AvgIpc) is 2.43. The number of aromatic nitrogens is 2. The van der Waals surface area contributed by atoms with E-state index in [1.54, 1.807) is 0 Å². The number of hydrogen-bond acceptors (Lipinski definition) is 7. The fourth-order valence-electron chi connectivity index (χ4n) is 2.04. The zero-order valence-corrected chi connectivity index (χ0v) is 11.9. The quantitative estimate of drug-likeness (QED) is 0.530. The highest BCUT2D eigenvalue weighted by Crippen LogP contribution is 2.20. The van der Waals surface area contributed by atoms with E-state index in [-0.39, 0.29) is 0 Å². The summed E-state index contributed by atoms with van der Waals surface area (Å²) in [6.07, 6.45) is 0.784. The second-order valence-electron chi connectivity index (χ2n) is 4.86. The molecule has 0 radical (unpaired) electrons. The van der Waals surface area contributed by atoms with E-state index < -0.39 is 0 Å². The number of nitrogens with one attached hydrogen (secondary N) is 2. The van der Waals surface area contributed by atoms with Crippen LogP contribution in [0.1, 0.15) is 18.3 Å². The molecule has 1 saturated heterocycles. The van der Waals surface area contributed by atoms with E-state index in [0.29, 0.717) is 5.82 Å². The molecule has 0 amide bonds. The van der Waals surface area contributed by atoms with Crippen LogP contribution in [0, 0.1) is 6.92 Å². The molecule has 0 aromatic carbocycles. The second-order valence-corrected chi connectivity index (χ2v) is 4.86. The Hall–Kier alpha value is -1.44. The molecule has 7 heteroatoms. The predicted molar refractivity (Wildman–Crippen MR) is 76.6 cm³/mol. The van der Waals surface area contributed by atoms with E-state index in [4.69, 9.17) is 5.84 Å². The summed E-state index contributed by atoms with van der Waals surface area (Å²) in [4.78, 5) is 11.2. The molecule has 1 aromatic rings. The Labute approximate surface area is 114 Å². The molecule has 0 unspecified atom stereocenters. The summed E-state index contributed by atoms with van der Waals surface area (Å²) in [6, 6.07) is 0. The van der Waals surface area contributed by atoms with Gasteiger partial charge in [-0.15, -0.1) is 0 Å². The maximum Gasteiger partial charge on any atom is 0.149 e.